The van der Waals surface area contributed by atoms with Gasteiger partial charge in [-0.25, -0.2) is 5.01 Å². The van der Waals surface area contributed by atoms with Crippen LogP contribution in [-0.2, 0) is 4.79 Å². The van der Waals surface area contributed by atoms with Crippen LogP contribution in [0.5, 0.6) is 11.5 Å². The average molecular weight is 401 g/mol. The van der Waals surface area contributed by atoms with Gasteiger partial charge >= 0.3 is 0 Å². The molecular weight excluding hydrogens is 382 g/mol. The molecule has 7 heteroatoms. The van der Waals surface area contributed by atoms with E-state index < -0.39 is 0 Å². The number of rotatable bonds is 6. The minimum atomic E-state index is -0.339. The van der Waals surface area contributed by atoms with Crippen LogP contribution >= 0.6 is 0 Å². The number of hydrogen-bond donors (Lipinski definition) is 0. The topological polar surface area (TPSA) is 88.1 Å². The van der Waals surface area contributed by atoms with Crippen molar-refractivity contribution in [1.82, 2.24) is 5.01 Å². The molecule has 1 aliphatic rings. The molecule has 0 N–H and O–H groups in total. The van der Waals surface area contributed by atoms with E-state index in [0.29, 0.717) is 23.5 Å². The minimum Gasteiger partial charge on any atom is -0.497 e. The van der Waals surface area contributed by atoms with E-state index in [1.165, 1.54) is 5.01 Å². The van der Waals surface area contributed by atoms with Gasteiger partial charge in [-0.2, -0.15) is 10.4 Å². The van der Waals surface area contributed by atoms with Gasteiger partial charge in [0, 0.05) is 6.42 Å². The summed E-state index contributed by atoms with van der Waals surface area (Å²) in [5, 5.41) is 14.9. The predicted octanol–water partition coefficient (Wildman–Crippen LogP) is 3.92. The van der Waals surface area contributed by atoms with Gasteiger partial charge in [0.25, 0.3) is 5.91 Å². The maximum absolute atomic E-state index is 12.9. The van der Waals surface area contributed by atoms with E-state index in [4.69, 9.17) is 19.2 Å². The highest BCUT2D eigenvalue weighted by atomic mass is 16.5. The van der Waals surface area contributed by atoms with Crippen molar-refractivity contribution in [3.63, 3.8) is 0 Å². The molecule has 1 aliphatic heterocycles. The van der Waals surface area contributed by atoms with E-state index in [-0.39, 0.29) is 18.6 Å². The van der Waals surface area contributed by atoms with Gasteiger partial charge in [0.1, 0.15) is 23.3 Å². The normalized spacial score (nSPS) is 15.4. The quantitative estimate of drug-likeness (QED) is 0.625. The third kappa shape index (κ3) is 4.03. The number of carbonyl (C=O) groups excluding carboxylic acids is 1. The summed E-state index contributed by atoms with van der Waals surface area (Å²) in [6.45, 7) is -0.178. The summed E-state index contributed by atoms with van der Waals surface area (Å²) in [4.78, 5) is 12.9. The fraction of sp³-hybridized carbons (Fsp3) is 0.174. The Bertz CT molecular complexity index is 1080. The van der Waals surface area contributed by atoms with Gasteiger partial charge in [0.05, 0.1) is 30.7 Å². The molecule has 0 bridgehead atoms. The van der Waals surface area contributed by atoms with E-state index in [1.54, 1.807) is 43.7 Å². The van der Waals surface area contributed by atoms with Gasteiger partial charge in [-0.1, -0.05) is 0 Å². The van der Waals surface area contributed by atoms with E-state index in [2.05, 4.69) is 5.10 Å². The van der Waals surface area contributed by atoms with Gasteiger partial charge in [-0.15, -0.1) is 0 Å². The lowest BCUT2D eigenvalue weighted by molar-refractivity contribution is -0.135. The second-order valence-corrected chi connectivity index (χ2v) is 6.67. The van der Waals surface area contributed by atoms with Crippen molar-refractivity contribution in [1.29, 1.82) is 5.26 Å². The largest absolute Gasteiger partial charge is 0.497 e. The van der Waals surface area contributed by atoms with Gasteiger partial charge in [-0.3, -0.25) is 4.79 Å². The highest BCUT2D eigenvalue weighted by molar-refractivity contribution is 6.03. The lowest BCUT2D eigenvalue weighted by atomic mass is 10.0. The van der Waals surface area contributed by atoms with Crippen LogP contribution in [0, 0.1) is 11.3 Å². The smallest absolute Gasteiger partial charge is 0.281 e. The van der Waals surface area contributed by atoms with Gasteiger partial charge < -0.3 is 13.9 Å². The zero-order chi connectivity index (χ0) is 20.9. The van der Waals surface area contributed by atoms with E-state index in [0.717, 1.165) is 17.0 Å². The first kappa shape index (κ1) is 19.3. The molecule has 0 saturated heterocycles. The Labute approximate surface area is 173 Å². The van der Waals surface area contributed by atoms with Crippen LogP contribution in [0.2, 0.25) is 0 Å². The van der Waals surface area contributed by atoms with Crippen LogP contribution < -0.4 is 9.47 Å². The second kappa shape index (κ2) is 8.53. The molecule has 3 aromatic rings. The standard InChI is InChI=1S/C23H19N3O4/c1-28-18-10-6-17(7-11-18)20-13-21(22-3-2-12-29-22)26(25-20)23(27)15-30-19-8-4-16(14-24)5-9-19/h2-12,21H,13,15H2,1H3/t21-/m0/s1. The SMILES string of the molecule is COc1ccc(C2=NN(C(=O)COc3ccc(C#N)cc3)[C@H](c3ccco3)C2)cc1. The zero-order valence-electron chi connectivity index (χ0n) is 16.3. The molecular formula is C23H19N3O4. The number of hydrazone groups is 1. The third-order valence-electron chi connectivity index (χ3n) is 4.81. The first-order valence-corrected chi connectivity index (χ1v) is 9.38. The van der Waals surface area contributed by atoms with E-state index >= 15 is 0 Å². The first-order chi connectivity index (χ1) is 14.7. The summed E-state index contributed by atoms with van der Waals surface area (Å²) in [6, 6.07) is 19.5. The van der Waals surface area contributed by atoms with Crippen molar-refractivity contribution < 1.29 is 18.7 Å². The number of furan rings is 1. The number of carbonyl (C=O) groups is 1. The molecule has 0 radical (unpaired) electrons. The number of ether oxygens (including phenoxy) is 2. The van der Waals surface area contributed by atoms with Crippen molar-refractivity contribution in [2.75, 3.05) is 13.7 Å². The fourth-order valence-corrected chi connectivity index (χ4v) is 3.24. The summed E-state index contributed by atoms with van der Waals surface area (Å²) in [5.74, 6) is 1.64. The molecule has 0 spiro atoms. The Morgan fingerprint density at radius 3 is 2.53 bits per heavy atom. The maximum atomic E-state index is 12.9. The number of nitriles is 1. The van der Waals surface area contributed by atoms with E-state index in [1.807, 2.05) is 36.4 Å². The van der Waals surface area contributed by atoms with Crippen LogP contribution in [0.15, 0.2) is 76.4 Å². The molecule has 1 atom stereocenters. The van der Waals surface area contributed by atoms with Crippen LogP contribution in [0.25, 0.3) is 0 Å². The molecule has 30 heavy (non-hydrogen) atoms. The molecule has 4 rings (SSSR count). The molecule has 0 fully saturated rings. The van der Waals surface area contributed by atoms with Gasteiger partial charge in [0.2, 0.25) is 0 Å². The number of methoxy groups -OCH3 is 1. The van der Waals surface area contributed by atoms with Gasteiger partial charge in [-0.05, 0) is 66.2 Å². The molecule has 1 aromatic heterocycles. The summed E-state index contributed by atoms with van der Waals surface area (Å²) in [6.07, 6.45) is 2.11. The molecule has 0 aliphatic carbocycles. The lowest BCUT2D eigenvalue weighted by Gasteiger charge is -2.20. The molecule has 7 nitrogen and oxygen atoms in total. The highest BCUT2D eigenvalue weighted by Gasteiger charge is 2.35. The number of benzene rings is 2. The summed E-state index contributed by atoms with van der Waals surface area (Å²) in [5.41, 5.74) is 2.22. The van der Waals surface area contributed by atoms with Gasteiger partial charge in [0.15, 0.2) is 6.61 Å². The maximum Gasteiger partial charge on any atom is 0.281 e. The van der Waals surface area contributed by atoms with Crippen molar-refractivity contribution in [2.45, 2.75) is 12.5 Å². The zero-order valence-corrected chi connectivity index (χ0v) is 16.3. The van der Waals surface area contributed by atoms with Crippen LogP contribution in [0.3, 0.4) is 0 Å². The summed E-state index contributed by atoms with van der Waals surface area (Å²) >= 11 is 0. The van der Waals surface area contributed by atoms with Crippen LogP contribution in [0.4, 0.5) is 0 Å². The predicted molar refractivity (Wildman–Crippen MR) is 109 cm³/mol. The Balaban J connectivity index is 1.52. The Hall–Kier alpha value is -4.05. The first-order valence-electron chi connectivity index (χ1n) is 9.38. The highest BCUT2D eigenvalue weighted by Crippen LogP contribution is 2.33. The molecule has 2 heterocycles. The summed E-state index contributed by atoms with van der Waals surface area (Å²) < 4.78 is 16.4. The Kier molecular flexibility index (Phi) is 5.48. The molecule has 1 amide bonds. The molecule has 2 aromatic carbocycles. The van der Waals surface area contributed by atoms with Crippen molar-refractivity contribution in [3.05, 3.63) is 83.8 Å². The number of nitrogens with zero attached hydrogens (tertiary/aromatic N) is 3. The second-order valence-electron chi connectivity index (χ2n) is 6.67. The van der Waals surface area contributed by atoms with Crippen molar-refractivity contribution in [3.8, 4) is 17.6 Å². The molecule has 150 valence electrons. The monoisotopic (exact) mass is 401 g/mol. The Morgan fingerprint density at radius 2 is 1.90 bits per heavy atom. The fourth-order valence-electron chi connectivity index (χ4n) is 3.24. The van der Waals surface area contributed by atoms with Crippen molar-refractivity contribution >= 4 is 11.6 Å². The minimum absolute atomic E-state index is 0.178. The number of amides is 1. The third-order valence-corrected chi connectivity index (χ3v) is 4.81. The lowest BCUT2D eigenvalue weighted by Crippen LogP contribution is -2.31. The van der Waals surface area contributed by atoms with Crippen LogP contribution in [-0.4, -0.2) is 30.3 Å². The number of hydrogen-bond acceptors (Lipinski definition) is 6. The summed E-state index contributed by atoms with van der Waals surface area (Å²) in [7, 11) is 1.61. The van der Waals surface area contributed by atoms with Crippen LogP contribution in [0.1, 0.15) is 29.3 Å². The Morgan fingerprint density at radius 1 is 1.17 bits per heavy atom. The van der Waals surface area contributed by atoms with E-state index in [9.17, 15) is 4.79 Å². The average Bonchev–Trinajstić information content (AvgIpc) is 3.48. The van der Waals surface area contributed by atoms with Crippen molar-refractivity contribution in [2.24, 2.45) is 5.10 Å². The molecule has 0 saturated carbocycles. The molecule has 0 unspecified atom stereocenters.